The molecular weight excluding hydrogens is 220 g/mol. The minimum absolute atomic E-state index is 0.0890. The highest BCUT2D eigenvalue weighted by Gasteiger charge is 2.39. The summed E-state index contributed by atoms with van der Waals surface area (Å²) in [4.78, 5) is 0. The average Bonchev–Trinajstić information content (AvgIpc) is 2.19. The summed E-state index contributed by atoms with van der Waals surface area (Å²) in [6.07, 6.45) is 3.46. The van der Waals surface area contributed by atoms with E-state index in [1.807, 2.05) is 0 Å². The summed E-state index contributed by atoms with van der Waals surface area (Å²) in [6.45, 7) is 4.26. The van der Waals surface area contributed by atoms with Gasteiger partial charge in [0.25, 0.3) is 0 Å². The standard InChI is InChI=1S/C14H19F2N/c1-13(2)6-3-7-14(17,9-13)11-8-10(15)4-5-12(11)16/h4-5,8H,3,6-7,9,17H2,1-2H3. The molecule has 0 radical (unpaired) electrons. The summed E-state index contributed by atoms with van der Waals surface area (Å²) in [5.41, 5.74) is 6.00. The molecule has 0 amide bonds. The summed E-state index contributed by atoms with van der Waals surface area (Å²) in [5, 5.41) is 0. The second kappa shape index (κ2) is 4.05. The van der Waals surface area contributed by atoms with Gasteiger partial charge in [-0.2, -0.15) is 0 Å². The van der Waals surface area contributed by atoms with Crippen molar-refractivity contribution in [2.75, 3.05) is 0 Å². The second-order valence-electron chi connectivity index (χ2n) is 5.97. The van der Waals surface area contributed by atoms with E-state index in [1.54, 1.807) is 0 Å². The first-order chi connectivity index (χ1) is 7.82. The molecule has 1 aliphatic rings. The van der Waals surface area contributed by atoms with Gasteiger partial charge in [0.1, 0.15) is 11.6 Å². The third-order valence-corrected chi connectivity index (χ3v) is 3.74. The van der Waals surface area contributed by atoms with E-state index in [1.165, 1.54) is 12.1 Å². The van der Waals surface area contributed by atoms with E-state index >= 15 is 0 Å². The smallest absolute Gasteiger partial charge is 0.128 e. The van der Waals surface area contributed by atoms with Gasteiger partial charge in [-0.1, -0.05) is 20.3 Å². The molecule has 0 saturated heterocycles. The Morgan fingerprint density at radius 2 is 1.88 bits per heavy atom. The Hall–Kier alpha value is -0.960. The van der Waals surface area contributed by atoms with Gasteiger partial charge in [0, 0.05) is 11.1 Å². The maximum atomic E-state index is 13.8. The molecule has 1 saturated carbocycles. The van der Waals surface area contributed by atoms with Crippen LogP contribution in [0.15, 0.2) is 18.2 Å². The van der Waals surface area contributed by atoms with Gasteiger partial charge in [-0.15, -0.1) is 0 Å². The van der Waals surface area contributed by atoms with Crippen LogP contribution in [0.5, 0.6) is 0 Å². The molecule has 0 bridgehead atoms. The van der Waals surface area contributed by atoms with Crippen molar-refractivity contribution in [3.05, 3.63) is 35.4 Å². The van der Waals surface area contributed by atoms with Crippen molar-refractivity contribution < 1.29 is 8.78 Å². The highest BCUT2D eigenvalue weighted by molar-refractivity contribution is 5.27. The summed E-state index contributed by atoms with van der Waals surface area (Å²) in [5.74, 6) is -0.818. The lowest BCUT2D eigenvalue weighted by atomic mass is 9.66. The fraction of sp³-hybridized carbons (Fsp3) is 0.571. The molecule has 94 valence electrons. The van der Waals surface area contributed by atoms with Gasteiger partial charge in [-0.3, -0.25) is 0 Å². The van der Waals surface area contributed by atoms with Gasteiger partial charge >= 0.3 is 0 Å². The molecule has 0 spiro atoms. The van der Waals surface area contributed by atoms with E-state index in [9.17, 15) is 8.78 Å². The van der Waals surface area contributed by atoms with Crippen LogP contribution in [-0.4, -0.2) is 0 Å². The monoisotopic (exact) mass is 239 g/mol. The third-order valence-electron chi connectivity index (χ3n) is 3.74. The molecule has 0 heterocycles. The van der Waals surface area contributed by atoms with Gasteiger partial charge in [0.05, 0.1) is 0 Å². The van der Waals surface area contributed by atoms with Crippen LogP contribution in [-0.2, 0) is 5.54 Å². The van der Waals surface area contributed by atoms with Crippen molar-refractivity contribution in [1.82, 2.24) is 0 Å². The van der Waals surface area contributed by atoms with Crippen molar-refractivity contribution in [3.63, 3.8) is 0 Å². The van der Waals surface area contributed by atoms with Gasteiger partial charge in [0.2, 0.25) is 0 Å². The van der Waals surface area contributed by atoms with Crippen LogP contribution >= 0.6 is 0 Å². The lowest BCUT2D eigenvalue weighted by Gasteiger charge is -2.43. The summed E-state index contributed by atoms with van der Waals surface area (Å²) in [7, 11) is 0. The molecule has 0 aromatic heterocycles. The largest absolute Gasteiger partial charge is 0.321 e. The summed E-state index contributed by atoms with van der Waals surface area (Å²) >= 11 is 0. The van der Waals surface area contributed by atoms with E-state index < -0.39 is 17.2 Å². The maximum absolute atomic E-state index is 13.8. The zero-order valence-electron chi connectivity index (χ0n) is 10.4. The molecule has 1 aromatic carbocycles. The number of rotatable bonds is 1. The van der Waals surface area contributed by atoms with Crippen molar-refractivity contribution in [1.29, 1.82) is 0 Å². The highest BCUT2D eigenvalue weighted by Crippen LogP contribution is 2.45. The first-order valence-electron chi connectivity index (χ1n) is 6.07. The van der Waals surface area contributed by atoms with Crippen molar-refractivity contribution >= 4 is 0 Å². The Bertz CT molecular complexity index is 428. The van der Waals surface area contributed by atoms with Crippen LogP contribution < -0.4 is 5.73 Å². The normalized spacial score (nSPS) is 28.1. The zero-order valence-corrected chi connectivity index (χ0v) is 10.4. The van der Waals surface area contributed by atoms with Crippen molar-refractivity contribution in [3.8, 4) is 0 Å². The van der Waals surface area contributed by atoms with E-state index in [-0.39, 0.29) is 5.41 Å². The van der Waals surface area contributed by atoms with Crippen LogP contribution in [0.1, 0.15) is 45.1 Å². The molecule has 1 nitrogen and oxygen atoms in total. The van der Waals surface area contributed by atoms with E-state index in [0.29, 0.717) is 12.0 Å². The summed E-state index contributed by atoms with van der Waals surface area (Å²) < 4.78 is 27.0. The predicted octanol–water partition coefficient (Wildman–Crippen LogP) is 3.72. The Labute approximate surface area is 101 Å². The molecule has 1 atom stereocenters. The van der Waals surface area contributed by atoms with Crippen molar-refractivity contribution in [2.24, 2.45) is 11.1 Å². The fourth-order valence-electron chi connectivity index (χ4n) is 3.02. The van der Waals surface area contributed by atoms with Crippen molar-refractivity contribution in [2.45, 2.75) is 45.1 Å². The number of halogens is 2. The molecule has 0 aliphatic heterocycles. The highest BCUT2D eigenvalue weighted by atomic mass is 19.1. The van der Waals surface area contributed by atoms with E-state index in [4.69, 9.17) is 5.73 Å². The molecule has 2 N–H and O–H groups in total. The van der Waals surface area contributed by atoms with E-state index in [2.05, 4.69) is 13.8 Å². The van der Waals surface area contributed by atoms with Crippen LogP contribution in [0, 0.1) is 17.0 Å². The van der Waals surface area contributed by atoms with Crippen LogP contribution in [0.3, 0.4) is 0 Å². The molecule has 1 fully saturated rings. The van der Waals surface area contributed by atoms with Crippen LogP contribution in [0.25, 0.3) is 0 Å². The average molecular weight is 239 g/mol. The zero-order chi connectivity index (χ0) is 12.7. The minimum atomic E-state index is -0.728. The van der Waals surface area contributed by atoms with Crippen LogP contribution in [0.2, 0.25) is 0 Å². The second-order valence-corrected chi connectivity index (χ2v) is 5.97. The Kier molecular flexibility index (Phi) is 2.98. The molecular formula is C14H19F2N. The Morgan fingerprint density at radius 1 is 1.18 bits per heavy atom. The maximum Gasteiger partial charge on any atom is 0.128 e. The molecule has 1 aliphatic carbocycles. The van der Waals surface area contributed by atoms with Crippen LogP contribution in [0.4, 0.5) is 8.78 Å². The first kappa shape index (κ1) is 12.5. The number of hydrogen-bond acceptors (Lipinski definition) is 1. The Balaban J connectivity index is 2.40. The quantitative estimate of drug-likeness (QED) is 0.794. The van der Waals surface area contributed by atoms with E-state index in [0.717, 1.165) is 25.3 Å². The number of benzene rings is 1. The molecule has 3 heteroatoms. The fourth-order valence-corrected chi connectivity index (χ4v) is 3.02. The SMILES string of the molecule is CC1(C)CCCC(N)(c2cc(F)ccc2F)C1. The minimum Gasteiger partial charge on any atom is -0.321 e. The number of nitrogens with two attached hydrogens (primary N) is 1. The van der Waals surface area contributed by atoms with Gasteiger partial charge in [-0.05, 0) is 42.9 Å². The third kappa shape index (κ3) is 2.49. The van der Waals surface area contributed by atoms with Gasteiger partial charge < -0.3 is 5.73 Å². The van der Waals surface area contributed by atoms with Gasteiger partial charge in [-0.25, -0.2) is 8.78 Å². The predicted molar refractivity (Wildman–Crippen MR) is 64.5 cm³/mol. The number of hydrogen-bond donors (Lipinski definition) is 1. The molecule has 2 rings (SSSR count). The lowest BCUT2D eigenvalue weighted by Crippen LogP contribution is -2.44. The first-order valence-corrected chi connectivity index (χ1v) is 6.07. The topological polar surface area (TPSA) is 26.0 Å². The molecule has 1 aromatic rings. The molecule has 1 unspecified atom stereocenters. The van der Waals surface area contributed by atoms with Gasteiger partial charge in [0.15, 0.2) is 0 Å². The molecule has 17 heavy (non-hydrogen) atoms. The Morgan fingerprint density at radius 3 is 2.53 bits per heavy atom. The lowest BCUT2D eigenvalue weighted by molar-refractivity contribution is 0.148. The summed E-state index contributed by atoms with van der Waals surface area (Å²) in [6, 6.07) is 3.55.